The van der Waals surface area contributed by atoms with Crippen LogP contribution in [-0.4, -0.2) is 17.5 Å². The molecule has 1 atom stereocenters. The zero-order valence-electron chi connectivity index (χ0n) is 10.2. The molecule has 1 saturated carbocycles. The summed E-state index contributed by atoms with van der Waals surface area (Å²) in [4.78, 5) is 0. The van der Waals surface area contributed by atoms with E-state index in [2.05, 4.69) is 0 Å². The van der Waals surface area contributed by atoms with Crippen LogP contribution in [0.2, 0.25) is 0 Å². The van der Waals surface area contributed by atoms with E-state index in [1.54, 1.807) is 0 Å². The SMILES string of the molecule is C\C(F)=C(C)/C(F)=C(F)\C(=C\P)C1(F)C(F)(F)C1(F)F. The zero-order chi connectivity index (χ0) is 16.1. The molecule has 0 aromatic rings. The van der Waals surface area contributed by atoms with Crippen LogP contribution in [0.4, 0.5) is 35.1 Å². The molecule has 0 spiro atoms. The fourth-order valence-corrected chi connectivity index (χ4v) is 1.87. The maximum Gasteiger partial charge on any atom is 0.357 e. The average Bonchev–Trinajstić information content (AvgIpc) is 2.66. The van der Waals surface area contributed by atoms with E-state index in [9.17, 15) is 35.1 Å². The third kappa shape index (κ3) is 1.91. The zero-order valence-corrected chi connectivity index (χ0v) is 11.3. The highest BCUT2D eigenvalue weighted by Crippen LogP contribution is 2.72. The smallest absolute Gasteiger partial charge is 0.224 e. The van der Waals surface area contributed by atoms with Crippen molar-refractivity contribution in [3.63, 3.8) is 0 Å². The van der Waals surface area contributed by atoms with Crippen molar-refractivity contribution in [3.8, 4) is 0 Å². The lowest BCUT2D eigenvalue weighted by atomic mass is 10.1. The van der Waals surface area contributed by atoms with Crippen molar-refractivity contribution in [1.29, 1.82) is 0 Å². The lowest BCUT2D eigenvalue weighted by molar-refractivity contribution is -0.0278. The first-order chi connectivity index (χ1) is 8.87. The molecule has 0 radical (unpaired) electrons. The van der Waals surface area contributed by atoms with E-state index >= 15 is 0 Å². The highest BCUT2D eigenvalue weighted by molar-refractivity contribution is 7.20. The Morgan fingerprint density at radius 1 is 0.850 bits per heavy atom. The first-order valence-electron chi connectivity index (χ1n) is 5.13. The molecule has 1 fully saturated rings. The van der Waals surface area contributed by atoms with Crippen molar-refractivity contribution >= 4 is 9.24 Å². The Morgan fingerprint density at radius 2 is 1.25 bits per heavy atom. The number of halogens is 8. The Balaban J connectivity index is 3.40. The quantitative estimate of drug-likeness (QED) is 0.382. The van der Waals surface area contributed by atoms with Gasteiger partial charge in [0.05, 0.1) is 0 Å². The van der Waals surface area contributed by atoms with Crippen LogP contribution < -0.4 is 0 Å². The fraction of sp³-hybridized carbons (Fsp3) is 0.455. The lowest BCUT2D eigenvalue weighted by Gasteiger charge is -2.10. The molecule has 0 aromatic heterocycles. The molecule has 9 heteroatoms. The first-order valence-corrected chi connectivity index (χ1v) is 5.80. The van der Waals surface area contributed by atoms with Crippen molar-refractivity contribution in [2.75, 3.05) is 0 Å². The second-order valence-corrected chi connectivity index (χ2v) is 4.51. The molecule has 20 heavy (non-hydrogen) atoms. The molecule has 114 valence electrons. The minimum absolute atomic E-state index is 0.185. The van der Waals surface area contributed by atoms with Crippen molar-refractivity contribution in [2.24, 2.45) is 0 Å². The van der Waals surface area contributed by atoms with Gasteiger partial charge in [0.15, 0.2) is 11.7 Å². The van der Waals surface area contributed by atoms with Gasteiger partial charge < -0.3 is 0 Å². The molecule has 0 N–H and O–H groups in total. The highest BCUT2D eigenvalue weighted by Gasteiger charge is 3.00. The summed E-state index contributed by atoms with van der Waals surface area (Å²) in [7, 11) is 1.43. The van der Waals surface area contributed by atoms with Gasteiger partial charge in [0.1, 0.15) is 5.83 Å². The van der Waals surface area contributed by atoms with Crippen LogP contribution in [0.25, 0.3) is 0 Å². The summed E-state index contributed by atoms with van der Waals surface area (Å²) in [5.74, 6) is -15.7. The van der Waals surface area contributed by atoms with Gasteiger partial charge in [0.2, 0.25) is 0 Å². The van der Waals surface area contributed by atoms with Gasteiger partial charge in [-0.1, -0.05) is 5.82 Å². The van der Waals surface area contributed by atoms with Gasteiger partial charge >= 0.3 is 11.8 Å². The van der Waals surface area contributed by atoms with Gasteiger partial charge in [-0.05, 0) is 13.8 Å². The summed E-state index contributed by atoms with van der Waals surface area (Å²) < 4.78 is 105. The second kappa shape index (κ2) is 4.83. The normalized spacial score (nSPS) is 25.9. The molecule has 0 heterocycles. The maximum atomic E-state index is 13.7. The van der Waals surface area contributed by atoms with E-state index in [1.807, 2.05) is 0 Å². The van der Waals surface area contributed by atoms with Crippen molar-refractivity contribution in [3.05, 3.63) is 34.4 Å². The number of hydrogen-bond donors (Lipinski definition) is 0. The largest absolute Gasteiger partial charge is 0.357 e. The molecule has 1 unspecified atom stereocenters. The van der Waals surface area contributed by atoms with Gasteiger partial charge in [-0.25, -0.2) is 17.6 Å². The van der Waals surface area contributed by atoms with E-state index in [0.29, 0.717) is 0 Å². The van der Waals surface area contributed by atoms with Gasteiger partial charge in [-0.2, -0.15) is 17.6 Å². The van der Waals surface area contributed by atoms with Crippen LogP contribution >= 0.6 is 9.24 Å². The third-order valence-corrected chi connectivity index (χ3v) is 3.34. The van der Waals surface area contributed by atoms with Crippen LogP contribution in [0, 0.1) is 0 Å². The van der Waals surface area contributed by atoms with Gasteiger partial charge in [0.25, 0.3) is 5.67 Å². The molecule has 1 rings (SSSR count). The van der Waals surface area contributed by atoms with Crippen molar-refractivity contribution < 1.29 is 35.1 Å². The monoisotopic (exact) mass is 324 g/mol. The standard InChI is InChI=1S/C11H9F8P/c1-4(5(2)12)7(13)8(14)6(3-20)9(15)10(16,17)11(9,18)19/h3H,20H2,1-2H3/b5-4+,6-3-,8-7-. The van der Waals surface area contributed by atoms with E-state index in [4.69, 9.17) is 0 Å². The number of hydrogen-bond acceptors (Lipinski definition) is 0. The van der Waals surface area contributed by atoms with E-state index in [1.165, 1.54) is 9.24 Å². The molecule has 0 aliphatic heterocycles. The van der Waals surface area contributed by atoms with Gasteiger partial charge in [-0.15, -0.1) is 9.24 Å². The topological polar surface area (TPSA) is 0 Å². The average molecular weight is 324 g/mol. The lowest BCUT2D eigenvalue weighted by Crippen LogP contribution is -2.18. The summed E-state index contributed by atoms with van der Waals surface area (Å²) in [6.45, 7) is 1.48. The second-order valence-electron chi connectivity index (χ2n) is 4.17. The fourth-order valence-electron chi connectivity index (χ4n) is 1.50. The van der Waals surface area contributed by atoms with E-state index in [-0.39, 0.29) is 5.82 Å². The highest BCUT2D eigenvalue weighted by atomic mass is 31.0. The van der Waals surface area contributed by atoms with Crippen LogP contribution in [0.3, 0.4) is 0 Å². The Labute approximate surface area is 111 Å². The summed E-state index contributed by atoms with van der Waals surface area (Å²) in [6, 6.07) is 0. The minimum Gasteiger partial charge on any atom is -0.224 e. The summed E-state index contributed by atoms with van der Waals surface area (Å²) in [5, 5.41) is 0. The molecule has 0 bridgehead atoms. The van der Waals surface area contributed by atoms with Crippen molar-refractivity contribution in [1.82, 2.24) is 0 Å². The number of allylic oxidation sites excluding steroid dienone is 5. The third-order valence-electron chi connectivity index (χ3n) is 3.01. The molecule has 0 nitrogen and oxygen atoms in total. The Hall–Kier alpha value is -0.910. The first kappa shape index (κ1) is 17.1. The van der Waals surface area contributed by atoms with E-state index < -0.39 is 46.1 Å². The molecular formula is C11H9F8P. The molecular weight excluding hydrogens is 315 g/mol. The summed E-state index contributed by atoms with van der Waals surface area (Å²) >= 11 is 0. The Morgan fingerprint density at radius 3 is 1.50 bits per heavy atom. The molecule has 0 saturated heterocycles. The Kier molecular flexibility index (Phi) is 4.14. The predicted octanol–water partition coefficient (Wildman–Crippen LogP) is 5.15. The maximum absolute atomic E-state index is 13.7. The summed E-state index contributed by atoms with van der Waals surface area (Å²) in [6.07, 6.45) is 0. The van der Waals surface area contributed by atoms with Crippen LogP contribution in [0.5, 0.6) is 0 Å². The van der Waals surface area contributed by atoms with Crippen LogP contribution in [0.15, 0.2) is 34.4 Å². The molecule has 0 aromatic carbocycles. The molecule has 1 aliphatic rings. The van der Waals surface area contributed by atoms with Crippen LogP contribution in [-0.2, 0) is 0 Å². The Bertz CT molecular complexity index is 511. The predicted molar refractivity (Wildman–Crippen MR) is 60.3 cm³/mol. The van der Waals surface area contributed by atoms with Crippen LogP contribution in [0.1, 0.15) is 13.8 Å². The van der Waals surface area contributed by atoms with Gasteiger partial charge in [-0.3, -0.25) is 0 Å². The molecule has 0 amide bonds. The van der Waals surface area contributed by atoms with Gasteiger partial charge in [0, 0.05) is 11.1 Å². The minimum atomic E-state index is -5.16. The molecule has 1 aliphatic carbocycles. The van der Waals surface area contributed by atoms with E-state index in [0.717, 1.165) is 13.8 Å². The summed E-state index contributed by atoms with van der Waals surface area (Å²) in [5.41, 5.74) is -7.48. The number of alkyl halides is 5. The number of rotatable bonds is 3. The van der Waals surface area contributed by atoms with Crippen molar-refractivity contribution in [2.45, 2.75) is 31.4 Å².